The minimum Gasteiger partial charge on any atom is -0.468 e. The highest BCUT2D eigenvalue weighted by atomic mass is 16.6. The maximum Gasteiger partial charge on any atom is 0.326 e. The van der Waals surface area contributed by atoms with Gasteiger partial charge in [0.25, 0.3) is 0 Å². The van der Waals surface area contributed by atoms with Gasteiger partial charge >= 0.3 is 23.9 Å². The molecule has 0 amide bonds. The van der Waals surface area contributed by atoms with E-state index in [4.69, 9.17) is 24.7 Å². The van der Waals surface area contributed by atoms with Crippen molar-refractivity contribution in [2.75, 3.05) is 7.11 Å². The van der Waals surface area contributed by atoms with Gasteiger partial charge in [-0.05, 0) is 71.6 Å². The summed E-state index contributed by atoms with van der Waals surface area (Å²) in [6.07, 6.45) is 1.96. The van der Waals surface area contributed by atoms with Crippen LogP contribution in [0.2, 0.25) is 0 Å². The largest absolute Gasteiger partial charge is 0.468 e. The average Bonchev–Trinajstić information content (AvgIpc) is 2.89. The van der Waals surface area contributed by atoms with Gasteiger partial charge in [-0.2, -0.15) is 0 Å². The fraction of sp³-hybridized carbons (Fsp3) is 0.677. The molecule has 40 heavy (non-hydrogen) atoms. The number of carbonyl (C=O) groups excluding carboxylic acids is 4. The lowest BCUT2D eigenvalue weighted by Crippen LogP contribution is -2.53. The molecule has 0 saturated heterocycles. The zero-order valence-electron chi connectivity index (χ0n) is 26.0. The second kappa shape index (κ2) is 14.6. The van der Waals surface area contributed by atoms with Crippen LogP contribution in [0.4, 0.5) is 0 Å². The minimum absolute atomic E-state index is 0.00364. The predicted octanol–water partition coefficient (Wildman–Crippen LogP) is 5.54. The fourth-order valence-corrected chi connectivity index (χ4v) is 3.81. The zero-order chi connectivity index (χ0) is 30.9. The van der Waals surface area contributed by atoms with Crippen LogP contribution in [0.25, 0.3) is 0 Å². The Kier molecular flexibility index (Phi) is 12.8. The molecule has 1 aromatic rings. The molecule has 9 heteroatoms. The third kappa shape index (κ3) is 9.61. The Hall–Kier alpha value is -2.94. The molecule has 0 heterocycles. The van der Waals surface area contributed by atoms with Crippen molar-refractivity contribution < 1.29 is 38.1 Å². The van der Waals surface area contributed by atoms with Crippen LogP contribution < -0.4 is 15.2 Å². The molecule has 2 N–H and O–H groups in total. The number of ether oxygens (including phenoxy) is 4. The van der Waals surface area contributed by atoms with Gasteiger partial charge in [0.2, 0.25) is 0 Å². The smallest absolute Gasteiger partial charge is 0.326 e. The quantitative estimate of drug-likeness (QED) is 0.216. The van der Waals surface area contributed by atoms with Crippen LogP contribution in [0.3, 0.4) is 0 Å². The number of hydrogen-bond acceptors (Lipinski definition) is 9. The van der Waals surface area contributed by atoms with Crippen molar-refractivity contribution in [1.29, 1.82) is 0 Å². The summed E-state index contributed by atoms with van der Waals surface area (Å²) in [4.78, 5) is 51.0. The van der Waals surface area contributed by atoms with Crippen molar-refractivity contribution in [2.24, 2.45) is 22.5 Å². The van der Waals surface area contributed by atoms with E-state index in [1.165, 1.54) is 19.2 Å². The Morgan fingerprint density at radius 1 is 0.850 bits per heavy atom. The normalized spacial score (nSPS) is 14.9. The molecular formula is C31H49NO8. The molecule has 0 aliphatic carbocycles. The summed E-state index contributed by atoms with van der Waals surface area (Å²) in [5, 5.41) is 0. The van der Waals surface area contributed by atoms with E-state index in [-0.39, 0.29) is 36.2 Å². The van der Waals surface area contributed by atoms with E-state index >= 15 is 0 Å². The van der Waals surface area contributed by atoms with Crippen molar-refractivity contribution in [1.82, 2.24) is 0 Å². The molecule has 0 bridgehead atoms. The SMILES string of the molecule is CCCC(C)C(=O)OC(C)C[C@@](N)(Cc1ccc(OC(=O)C(C)(C)CC)c(OC(=O)C(C)(C)CC)c1)C(=O)OC. The molecule has 0 aromatic heterocycles. The van der Waals surface area contributed by atoms with Crippen LogP contribution in [0.5, 0.6) is 11.5 Å². The minimum atomic E-state index is -1.55. The van der Waals surface area contributed by atoms with E-state index < -0.39 is 40.4 Å². The van der Waals surface area contributed by atoms with Gasteiger partial charge in [0.1, 0.15) is 11.6 Å². The highest BCUT2D eigenvalue weighted by Crippen LogP contribution is 2.35. The van der Waals surface area contributed by atoms with Gasteiger partial charge in [-0.3, -0.25) is 19.2 Å². The van der Waals surface area contributed by atoms with Crippen molar-refractivity contribution in [3.05, 3.63) is 23.8 Å². The molecule has 1 rings (SSSR count). The fourth-order valence-electron chi connectivity index (χ4n) is 3.81. The lowest BCUT2D eigenvalue weighted by Gasteiger charge is -2.30. The second-order valence-electron chi connectivity index (χ2n) is 12.0. The maximum absolute atomic E-state index is 12.9. The van der Waals surface area contributed by atoms with Gasteiger partial charge in [-0.25, -0.2) is 0 Å². The first-order chi connectivity index (χ1) is 18.5. The molecular weight excluding hydrogens is 514 g/mol. The Balaban J connectivity index is 3.38. The number of benzene rings is 1. The van der Waals surface area contributed by atoms with Crippen molar-refractivity contribution in [3.63, 3.8) is 0 Å². The lowest BCUT2D eigenvalue weighted by atomic mass is 9.86. The third-order valence-corrected chi connectivity index (χ3v) is 7.49. The molecule has 1 aromatic carbocycles. The lowest BCUT2D eigenvalue weighted by molar-refractivity contribution is -0.157. The first kappa shape index (κ1) is 35.1. The van der Waals surface area contributed by atoms with Crippen LogP contribution in [-0.2, 0) is 35.1 Å². The summed E-state index contributed by atoms with van der Waals surface area (Å²) < 4.78 is 22.0. The number of hydrogen-bond donors (Lipinski definition) is 1. The van der Waals surface area contributed by atoms with Gasteiger partial charge in [0, 0.05) is 12.8 Å². The average molecular weight is 564 g/mol. The Labute approximate surface area is 239 Å². The van der Waals surface area contributed by atoms with E-state index in [0.29, 0.717) is 24.8 Å². The molecule has 0 radical (unpaired) electrons. The van der Waals surface area contributed by atoms with Gasteiger partial charge in [-0.1, -0.05) is 40.2 Å². The van der Waals surface area contributed by atoms with Crippen LogP contribution in [-0.4, -0.2) is 42.6 Å². The topological polar surface area (TPSA) is 131 Å². The molecule has 0 saturated carbocycles. The predicted molar refractivity (Wildman–Crippen MR) is 153 cm³/mol. The van der Waals surface area contributed by atoms with Gasteiger partial charge in [0.15, 0.2) is 11.5 Å². The summed E-state index contributed by atoms with van der Waals surface area (Å²) in [5.74, 6) is -2.13. The van der Waals surface area contributed by atoms with E-state index in [2.05, 4.69) is 0 Å². The number of carbonyl (C=O) groups is 4. The van der Waals surface area contributed by atoms with Crippen LogP contribution in [0, 0.1) is 16.7 Å². The number of nitrogens with two attached hydrogens (primary N) is 1. The van der Waals surface area contributed by atoms with Crippen molar-refractivity contribution >= 4 is 23.9 Å². The molecule has 2 unspecified atom stereocenters. The number of methoxy groups -OCH3 is 1. The molecule has 3 atom stereocenters. The standard InChI is InChI=1S/C31H49NO8/c1-11-14-20(4)25(33)38-21(5)18-31(32,28(36)37-10)19-22-15-16-23(39-26(34)29(6,7)12-2)24(17-22)40-27(35)30(8,9)13-3/h15-17,20-21H,11-14,18-19,32H2,1-10H3/t20?,21?,31-/m1/s1. The van der Waals surface area contributed by atoms with Crippen LogP contribution in [0.15, 0.2) is 18.2 Å². The van der Waals surface area contributed by atoms with E-state index in [9.17, 15) is 19.2 Å². The number of esters is 4. The first-order valence-electron chi connectivity index (χ1n) is 14.1. The Bertz CT molecular complexity index is 1050. The van der Waals surface area contributed by atoms with E-state index in [0.717, 1.165) is 6.42 Å². The summed E-state index contributed by atoms with van der Waals surface area (Å²) in [6.45, 7) is 16.3. The summed E-state index contributed by atoms with van der Waals surface area (Å²) in [6, 6.07) is 4.71. The molecule has 0 aliphatic heterocycles. The molecule has 226 valence electrons. The molecule has 0 spiro atoms. The molecule has 0 fully saturated rings. The number of rotatable bonds is 15. The van der Waals surface area contributed by atoms with Gasteiger partial charge < -0.3 is 24.7 Å². The monoisotopic (exact) mass is 563 g/mol. The Morgan fingerprint density at radius 2 is 1.38 bits per heavy atom. The first-order valence-corrected chi connectivity index (χ1v) is 14.1. The molecule has 0 aliphatic rings. The maximum atomic E-state index is 12.9. The summed E-state index contributed by atoms with van der Waals surface area (Å²) in [7, 11) is 1.24. The van der Waals surface area contributed by atoms with E-state index in [1.807, 2.05) is 20.8 Å². The highest BCUT2D eigenvalue weighted by molar-refractivity contribution is 5.82. The summed E-state index contributed by atoms with van der Waals surface area (Å²) in [5.41, 5.74) is 4.04. The van der Waals surface area contributed by atoms with Crippen LogP contribution >= 0.6 is 0 Å². The molecule has 9 nitrogen and oxygen atoms in total. The van der Waals surface area contributed by atoms with Crippen molar-refractivity contribution in [2.45, 2.75) is 112 Å². The Morgan fingerprint density at radius 3 is 1.85 bits per heavy atom. The van der Waals surface area contributed by atoms with Crippen LogP contribution in [0.1, 0.15) is 100.0 Å². The highest BCUT2D eigenvalue weighted by Gasteiger charge is 2.39. The summed E-state index contributed by atoms with van der Waals surface area (Å²) >= 11 is 0. The third-order valence-electron chi connectivity index (χ3n) is 7.49. The second-order valence-corrected chi connectivity index (χ2v) is 12.0. The van der Waals surface area contributed by atoms with Gasteiger partial charge in [0.05, 0.1) is 23.9 Å². The zero-order valence-corrected chi connectivity index (χ0v) is 26.0. The van der Waals surface area contributed by atoms with Crippen molar-refractivity contribution in [3.8, 4) is 11.5 Å². The van der Waals surface area contributed by atoms with E-state index in [1.54, 1.807) is 47.6 Å². The van der Waals surface area contributed by atoms with Gasteiger partial charge in [-0.15, -0.1) is 0 Å².